The summed E-state index contributed by atoms with van der Waals surface area (Å²) in [4.78, 5) is 15.9. The summed E-state index contributed by atoms with van der Waals surface area (Å²) in [5.74, 6) is -1.02. The summed E-state index contributed by atoms with van der Waals surface area (Å²) >= 11 is 0. The zero-order valence-corrected chi connectivity index (χ0v) is 15.5. The molecule has 138 valence electrons. The third-order valence-electron chi connectivity index (χ3n) is 2.78. The molecule has 1 aliphatic carbocycles. The van der Waals surface area contributed by atoms with Crippen molar-refractivity contribution < 1.29 is 26.7 Å². The Kier molecular flexibility index (Phi) is 8.06. The highest BCUT2D eigenvalue weighted by atomic mass is 32.2. The number of oxazole rings is 1. The van der Waals surface area contributed by atoms with E-state index in [9.17, 15) is 13.2 Å². The second-order valence-electron chi connectivity index (χ2n) is 4.86. The molecule has 0 atom stereocenters. The average molecular weight is 370 g/mol. The molecular formula is C16H22N2O6S. The number of carbonyl (C=O) groups is 1. The number of hydrogen-bond acceptors (Lipinski definition) is 8. The van der Waals surface area contributed by atoms with Crippen molar-refractivity contribution in [2.75, 3.05) is 12.9 Å². The third-order valence-corrected chi connectivity index (χ3v) is 3.13. The number of nitrogens with zero attached hydrogens (tertiary/aromatic N) is 2. The Morgan fingerprint density at radius 2 is 1.96 bits per heavy atom. The molecule has 0 radical (unpaired) electrons. The predicted molar refractivity (Wildman–Crippen MR) is 93.5 cm³/mol. The summed E-state index contributed by atoms with van der Waals surface area (Å²) in [5.41, 5.74) is 0.0751. The van der Waals surface area contributed by atoms with Crippen molar-refractivity contribution in [1.29, 1.82) is 0 Å². The molecule has 1 aromatic heterocycles. The van der Waals surface area contributed by atoms with Crippen molar-refractivity contribution in [1.82, 2.24) is 4.98 Å². The van der Waals surface area contributed by atoms with Crippen LogP contribution in [0.4, 0.5) is 0 Å². The monoisotopic (exact) mass is 370 g/mol. The van der Waals surface area contributed by atoms with E-state index in [1.807, 2.05) is 38.2 Å². The Hall–Kier alpha value is -2.42. The van der Waals surface area contributed by atoms with Gasteiger partial charge in [0.2, 0.25) is 0 Å². The maximum Gasteiger partial charge on any atom is 0.366 e. The number of fused-ring (bicyclic) bond motifs is 1. The molecule has 0 bridgehead atoms. The normalized spacial score (nSPS) is 13.8. The summed E-state index contributed by atoms with van der Waals surface area (Å²) < 4.78 is 36.5. The standard InChI is InChI=1S/C12H14N2O6S.C4H8/c1-3-18-12(15)10(14-20-21(2,16)17)11-13-8-6-4-5-7-9(8)19-11;1-3-4-2/h6-7H,3-5H2,1-2H3;3-4H,1-2H3/b14-10-;4-3-. The molecule has 25 heavy (non-hydrogen) atoms. The van der Waals surface area contributed by atoms with Crippen molar-refractivity contribution in [2.45, 2.75) is 33.6 Å². The fraction of sp³-hybridized carbons (Fsp3) is 0.438. The molecule has 0 spiro atoms. The van der Waals surface area contributed by atoms with Crippen molar-refractivity contribution in [3.63, 3.8) is 0 Å². The molecule has 2 rings (SSSR count). The molecule has 0 aromatic carbocycles. The molecule has 1 aliphatic rings. The first-order valence-corrected chi connectivity index (χ1v) is 9.52. The van der Waals surface area contributed by atoms with Crippen molar-refractivity contribution in [2.24, 2.45) is 5.16 Å². The van der Waals surface area contributed by atoms with Gasteiger partial charge in [-0.15, -0.1) is 0 Å². The van der Waals surface area contributed by atoms with Crippen LogP contribution in [0.15, 0.2) is 21.7 Å². The van der Waals surface area contributed by atoms with E-state index in [0.717, 1.165) is 19.1 Å². The van der Waals surface area contributed by atoms with Gasteiger partial charge < -0.3 is 9.15 Å². The van der Waals surface area contributed by atoms with Gasteiger partial charge in [0.25, 0.3) is 11.6 Å². The summed E-state index contributed by atoms with van der Waals surface area (Å²) in [6, 6.07) is 0. The SMILES string of the molecule is C/C=C\C.CCOC(=O)/C(=N\OS(C)(=O)=O)c1nc2c(o1)=CCCC=2. The van der Waals surface area contributed by atoms with Gasteiger partial charge in [-0.2, -0.15) is 8.42 Å². The molecule has 0 fully saturated rings. The van der Waals surface area contributed by atoms with E-state index < -0.39 is 21.8 Å². The third kappa shape index (κ3) is 6.92. The van der Waals surface area contributed by atoms with Crippen molar-refractivity contribution >= 4 is 34.0 Å². The lowest BCUT2D eigenvalue weighted by Crippen LogP contribution is -2.24. The highest BCUT2D eigenvalue weighted by molar-refractivity contribution is 7.85. The van der Waals surface area contributed by atoms with Crippen LogP contribution in [0.3, 0.4) is 0 Å². The number of oxime groups is 1. The van der Waals surface area contributed by atoms with E-state index in [-0.39, 0.29) is 12.5 Å². The van der Waals surface area contributed by atoms with Gasteiger partial charge in [0.05, 0.1) is 12.9 Å². The van der Waals surface area contributed by atoms with Gasteiger partial charge in [0.15, 0.2) is 5.42 Å². The first-order valence-electron chi connectivity index (χ1n) is 7.71. The van der Waals surface area contributed by atoms with Gasteiger partial charge in [0.1, 0.15) is 5.35 Å². The average Bonchev–Trinajstić information content (AvgIpc) is 2.98. The summed E-state index contributed by atoms with van der Waals surface area (Å²) in [7, 11) is -3.86. The molecule has 1 heterocycles. The predicted octanol–water partition coefficient (Wildman–Crippen LogP) is 0.855. The quantitative estimate of drug-likeness (QED) is 0.327. The van der Waals surface area contributed by atoms with E-state index in [1.54, 1.807) is 6.92 Å². The Morgan fingerprint density at radius 1 is 1.32 bits per heavy atom. The number of carbonyl (C=O) groups excluding carboxylic acids is 1. The van der Waals surface area contributed by atoms with Gasteiger partial charge in [0, 0.05) is 0 Å². The highest BCUT2D eigenvalue weighted by Gasteiger charge is 2.23. The molecule has 9 heteroatoms. The van der Waals surface area contributed by atoms with Crippen LogP contribution >= 0.6 is 0 Å². The second kappa shape index (κ2) is 9.77. The first-order chi connectivity index (χ1) is 11.8. The van der Waals surface area contributed by atoms with Gasteiger partial charge >= 0.3 is 16.1 Å². The van der Waals surface area contributed by atoms with Crippen LogP contribution in [0, 0.1) is 0 Å². The van der Waals surface area contributed by atoms with E-state index in [2.05, 4.69) is 14.4 Å². The summed E-state index contributed by atoms with van der Waals surface area (Å²) in [6.45, 7) is 5.70. The highest BCUT2D eigenvalue weighted by Crippen LogP contribution is 2.02. The Balaban J connectivity index is 0.000000705. The number of allylic oxidation sites excluding steroid dienone is 2. The maximum atomic E-state index is 11.8. The van der Waals surface area contributed by atoms with E-state index in [1.165, 1.54) is 0 Å². The Labute approximate surface area is 146 Å². The van der Waals surface area contributed by atoms with E-state index in [4.69, 9.17) is 9.15 Å². The molecule has 8 nitrogen and oxygen atoms in total. The minimum atomic E-state index is -3.86. The molecule has 0 aliphatic heterocycles. The molecule has 0 saturated heterocycles. The minimum absolute atomic E-state index is 0.0927. The van der Waals surface area contributed by atoms with Crippen LogP contribution in [0.25, 0.3) is 12.2 Å². The van der Waals surface area contributed by atoms with Gasteiger partial charge in [-0.25, -0.2) is 9.78 Å². The van der Waals surface area contributed by atoms with Crippen molar-refractivity contribution in [3.05, 3.63) is 28.8 Å². The molecule has 0 N–H and O–H groups in total. The zero-order chi connectivity index (χ0) is 18.9. The first kappa shape index (κ1) is 20.6. The largest absolute Gasteiger partial charge is 0.461 e. The Bertz CT molecular complexity index is 827. The zero-order valence-electron chi connectivity index (χ0n) is 14.7. The maximum absolute atomic E-state index is 11.8. The van der Waals surface area contributed by atoms with Crippen LogP contribution in [-0.2, 0) is 23.9 Å². The van der Waals surface area contributed by atoms with Crippen molar-refractivity contribution in [3.8, 4) is 0 Å². The summed E-state index contributed by atoms with van der Waals surface area (Å²) in [6.07, 6.45) is 10.1. The lowest BCUT2D eigenvalue weighted by molar-refractivity contribution is -0.135. The number of aromatic nitrogens is 1. The fourth-order valence-electron chi connectivity index (χ4n) is 1.64. The molecule has 0 saturated carbocycles. The van der Waals surface area contributed by atoms with Crippen LogP contribution in [0.2, 0.25) is 0 Å². The van der Waals surface area contributed by atoms with Gasteiger partial charge in [-0.1, -0.05) is 23.4 Å². The van der Waals surface area contributed by atoms with Crippen LogP contribution in [0.1, 0.15) is 39.5 Å². The molecular weight excluding hydrogens is 348 g/mol. The van der Waals surface area contributed by atoms with Crippen LogP contribution in [0.5, 0.6) is 0 Å². The van der Waals surface area contributed by atoms with Crippen LogP contribution < -0.4 is 10.8 Å². The number of hydrogen-bond donors (Lipinski definition) is 0. The number of esters is 1. The molecule has 0 amide bonds. The fourth-order valence-corrected chi connectivity index (χ4v) is 1.85. The Morgan fingerprint density at radius 3 is 2.48 bits per heavy atom. The summed E-state index contributed by atoms with van der Waals surface area (Å²) in [5, 5.41) is 3.87. The van der Waals surface area contributed by atoms with E-state index in [0.29, 0.717) is 10.8 Å². The molecule has 1 aromatic rings. The lowest BCUT2D eigenvalue weighted by Gasteiger charge is -2.01. The molecule has 0 unspecified atom stereocenters. The minimum Gasteiger partial charge on any atom is -0.461 e. The number of ether oxygens (including phenoxy) is 1. The van der Waals surface area contributed by atoms with Gasteiger partial charge in [-0.3, -0.25) is 4.28 Å². The number of rotatable bonds is 5. The topological polar surface area (TPSA) is 108 Å². The smallest absolute Gasteiger partial charge is 0.366 e. The van der Waals surface area contributed by atoms with Gasteiger partial charge in [-0.05, 0) is 39.7 Å². The lowest BCUT2D eigenvalue weighted by atomic mass is 10.2. The van der Waals surface area contributed by atoms with E-state index >= 15 is 0 Å². The van der Waals surface area contributed by atoms with Crippen LogP contribution in [-0.4, -0.2) is 37.9 Å². The second-order valence-corrected chi connectivity index (χ2v) is 6.42.